The van der Waals surface area contributed by atoms with E-state index in [9.17, 15) is 0 Å². The van der Waals surface area contributed by atoms with E-state index in [1.165, 1.54) is 0 Å². The molecule has 1 aromatic heterocycles. The topological polar surface area (TPSA) is 40.8 Å². The maximum atomic E-state index is 8.87. The third kappa shape index (κ3) is 2.61. The summed E-state index contributed by atoms with van der Waals surface area (Å²) in [5, 5.41) is 13.1. The lowest BCUT2D eigenvalue weighted by Gasteiger charge is -2.07. The van der Waals surface area contributed by atoms with Gasteiger partial charge in [0.1, 0.15) is 11.8 Å². The van der Waals surface area contributed by atoms with Crippen molar-refractivity contribution in [3.8, 4) is 6.07 Å². The Kier molecular flexibility index (Phi) is 3.81. The highest BCUT2D eigenvalue weighted by Gasteiger charge is 2.05. The van der Waals surface area contributed by atoms with E-state index in [-0.39, 0.29) is 0 Å². The fraction of sp³-hybridized carbons (Fsp3) is 0.154. The highest BCUT2D eigenvalue weighted by molar-refractivity contribution is 6.43. The fourth-order valence-corrected chi connectivity index (χ4v) is 2.05. The highest BCUT2D eigenvalue weighted by atomic mass is 35.5. The average Bonchev–Trinajstić information content (AvgIpc) is 2.72. The molecule has 0 saturated carbocycles. The van der Waals surface area contributed by atoms with Crippen LogP contribution >= 0.6 is 23.2 Å². The highest BCUT2D eigenvalue weighted by Crippen LogP contribution is 2.29. The van der Waals surface area contributed by atoms with E-state index in [2.05, 4.69) is 11.4 Å². The van der Waals surface area contributed by atoms with Crippen molar-refractivity contribution in [2.45, 2.75) is 6.54 Å². The molecule has 0 radical (unpaired) electrons. The first-order chi connectivity index (χ1) is 8.61. The van der Waals surface area contributed by atoms with Crippen LogP contribution in [0, 0.1) is 11.3 Å². The molecule has 0 bridgehead atoms. The van der Waals surface area contributed by atoms with Gasteiger partial charge in [-0.2, -0.15) is 5.26 Å². The number of benzene rings is 1. The first-order valence-corrected chi connectivity index (χ1v) is 6.10. The van der Waals surface area contributed by atoms with E-state index in [0.717, 1.165) is 11.3 Å². The van der Waals surface area contributed by atoms with Gasteiger partial charge in [0, 0.05) is 19.8 Å². The molecule has 92 valence electrons. The monoisotopic (exact) mass is 279 g/mol. The first kappa shape index (κ1) is 12.8. The predicted octanol–water partition coefficient (Wildman–Crippen LogP) is 3.82. The van der Waals surface area contributed by atoms with Crippen molar-refractivity contribution >= 4 is 28.9 Å². The van der Waals surface area contributed by atoms with E-state index in [0.29, 0.717) is 22.3 Å². The van der Waals surface area contributed by atoms with Crippen molar-refractivity contribution in [1.29, 1.82) is 5.26 Å². The molecule has 2 aromatic rings. The second-order valence-electron chi connectivity index (χ2n) is 3.91. The number of nitrogens with one attached hydrogen (secondary N) is 1. The molecule has 1 heterocycles. The van der Waals surface area contributed by atoms with Crippen LogP contribution in [-0.4, -0.2) is 4.57 Å². The lowest BCUT2D eigenvalue weighted by molar-refractivity contribution is 0.902. The van der Waals surface area contributed by atoms with Crippen molar-refractivity contribution in [1.82, 2.24) is 4.57 Å². The zero-order valence-electron chi connectivity index (χ0n) is 9.74. The Bertz CT molecular complexity index is 611. The molecular weight excluding hydrogens is 269 g/mol. The molecule has 0 saturated heterocycles. The molecule has 0 spiro atoms. The molecule has 0 amide bonds. The summed E-state index contributed by atoms with van der Waals surface area (Å²) in [4.78, 5) is 0. The zero-order valence-corrected chi connectivity index (χ0v) is 11.3. The third-order valence-electron chi connectivity index (χ3n) is 2.61. The largest absolute Gasteiger partial charge is 0.380 e. The van der Waals surface area contributed by atoms with Crippen LogP contribution in [0.3, 0.4) is 0 Å². The van der Waals surface area contributed by atoms with E-state index in [1.807, 2.05) is 31.4 Å². The van der Waals surface area contributed by atoms with Crippen LogP contribution in [-0.2, 0) is 13.6 Å². The molecule has 0 aliphatic rings. The summed E-state index contributed by atoms with van der Waals surface area (Å²) in [5.74, 6) is 0. The minimum atomic E-state index is 0.510. The SMILES string of the molecule is Cn1cc(CNc2cccc(Cl)c2Cl)cc1C#N. The van der Waals surface area contributed by atoms with E-state index in [1.54, 1.807) is 10.6 Å². The van der Waals surface area contributed by atoms with Crippen molar-refractivity contribution in [3.05, 3.63) is 51.8 Å². The van der Waals surface area contributed by atoms with Gasteiger partial charge >= 0.3 is 0 Å². The number of aromatic nitrogens is 1. The quantitative estimate of drug-likeness (QED) is 0.928. The molecule has 0 fully saturated rings. The van der Waals surface area contributed by atoms with Crippen LogP contribution in [0.15, 0.2) is 30.5 Å². The normalized spacial score (nSPS) is 10.1. The fourth-order valence-electron chi connectivity index (χ4n) is 1.68. The maximum Gasteiger partial charge on any atom is 0.120 e. The van der Waals surface area contributed by atoms with Gasteiger partial charge in [-0.3, -0.25) is 0 Å². The predicted molar refractivity (Wildman–Crippen MR) is 73.9 cm³/mol. The van der Waals surface area contributed by atoms with Gasteiger partial charge in [-0.1, -0.05) is 29.3 Å². The molecule has 1 N–H and O–H groups in total. The minimum absolute atomic E-state index is 0.510. The van der Waals surface area contributed by atoms with Crippen LogP contribution in [0.25, 0.3) is 0 Å². The molecule has 0 aliphatic carbocycles. The summed E-state index contributed by atoms with van der Waals surface area (Å²) in [6, 6.07) is 9.40. The number of rotatable bonds is 3. The van der Waals surface area contributed by atoms with Gasteiger partial charge < -0.3 is 9.88 Å². The van der Waals surface area contributed by atoms with Crippen LogP contribution in [0.1, 0.15) is 11.3 Å². The molecular formula is C13H11Cl2N3. The first-order valence-electron chi connectivity index (χ1n) is 5.35. The van der Waals surface area contributed by atoms with E-state index < -0.39 is 0 Å². The molecule has 0 atom stereocenters. The summed E-state index contributed by atoms with van der Waals surface area (Å²) in [5.41, 5.74) is 2.43. The van der Waals surface area contributed by atoms with Gasteiger partial charge in [-0.15, -0.1) is 0 Å². The zero-order chi connectivity index (χ0) is 13.1. The number of halogens is 2. The van der Waals surface area contributed by atoms with Gasteiger partial charge in [0.05, 0.1) is 15.7 Å². The summed E-state index contributed by atoms with van der Waals surface area (Å²) >= 11 is 12.0. The number of aryl methyl sites for hydroxylation is 1. The molecule has 1 aromatic carbocycles. The smallest absolute Gasteiger partial charge is 0.120 e. The standard InChI is InChI=1S/C13H11Cl2N3/c1-18-8-9(5-10(18)6-16)7-17-12-4-2-3-11(14)13(12)15/h2-5,8,17H,7H2,1H3. The molecule has 5 heteroatoms. The Morgan fingerprint density at radius 2 is 2.17 bits per heavy atom. The Labute approximate surface area is 116 Å². The molecule has 3 nitrogen and oxygen atoms in total. The number of hydrogen-bond donors (Lipinski definition) is 1. The van der Waals surface area contributed by atoms with E-state index >= 15 is 0 Å². The van der Waals surface area contributed by atoms with Crippen molar-refractivity contribution in [2.75, 3.05) is 5.32 Å². The third-order valence-corrected chi connectivity index (χ3v) is 3.43. The Balaban J connectivity index is 2.12. The number of anilines is 1. The van der Waals surface area contributed by atoms with Gasteiger partial charge in [0.25, 0.3) is 0 Å². The van der Waals surface area contributed by atoms with Crippen LogP contribution < -0.4 is 5.32 Å². The number of nitriles is 1. The number of nitrogens with zero attached hydrogens (tertiary/aromatic N) is 2. The van der Waals surface area contributed by atoms with Gasteiger partial charge in [-0.25, -0.2) is 0 Å². The van der Waals surface area contributed by atoms with Crippen molar-refractivity contribution < 1.29 is 0 Å². The molecule has 2 rings (SSSR count). The van der Waals surface area contributed by atoms with Gasteiger partial charge in [0.2, 0.25) is 0 Å². The maximum absolute atomic E-state index is 8.87. The van der Waals surface area contributed by atoms with E-state index in [4.69, 9.17) is 28.5 Å². The summed E-state index contributed by atoms with van der Waals surface area (Å²) in [6.07, 6.45) is 1.91. The molecule has 0 aliphatic heterocycles. The summed E-state index contributed by atoms with van der Waals surface area (Å²) in [6.45, 7) is 0.593. The second kappa shape index (κ2) is 5.34. The van der Waals surface area contributed by atoms with Crippen LogP contribution in [0.4, 0.5) is 5.69 Å². The van der Waals surface area contributed by atoms with Crippen molar-refractivity contribution in [3.63, 3.8) is 0 Å². The molecule has 18 heavy (non-hydrogen) atoms. The number of hydrogen-bond acceptors (Lipinski definition) is 2. The minimum Gasteiger partial charge on any atom is -0.380 e. The Morgan fingerprint density at radius 3 is 2.83 bits per heavy atom. The second-order valence-corrected chi connectivity index (χ2v) is 4.70. The van der Waals surface area contributed by atoms with Crippen molar-refractivity contribution in [2.24, 2.45) is 7.05 Å². The van der Waals surface area contributed by atoms with Crippen LogP contribution in [0.5, 0.6) is 0 Å². The Hall–Kier alpha value is -1.63. The van der Waals surface area contributed by atoms with Gasteiger partial charge in [-0.05, 0) is 23.8 Å². The lowest BCUT2D eigenvalue weighted by Crippen LogP contribution is -1.99. The Morgan fingerprint density at radius 1 is 1.39 bits per heavy atom. The van der Waals surface area contributed by atoms with Crippen LogP contribution in [0.2, 0.25) is 10.0 Å². The molecule has 0 unspecified atom stereocenters. The summed E-state index contributed by atoms with van der Waals surface area (Å²) in [7, 11) is 1.84. The lowest BCUT2D eigenvalue weighted by atomic mass is 10.2. The van der Waals surface area contributed by atoms with Gasteiger partial charge in [0.15, 0.2) is 0 Å². The average molecular weight is 280 g/mol. The summed E-state index contributed by atoms with van der Waals surface area (Å²) < 4.78 is 1.79.